The van der Waals surface area contributed by atoms with Gasteiger partial charge in [0, 0.05) is 5.57 Å². The molecule has 1 aliphatic rings. The summed E-state index contributed by atoms with van der Waals surface area (Å²) in [5.74, 6) is -0.480. The summed E-state index contributed by atoms with van der Waals surface area (Å²) >= 11 is 5.86. The van der Waals surface area contributed by atoms with Gasteiger partial charge in [-0.3, -0.25) is 0 Å². The minimum Gasteiger partial charge on any atom is -0.498 e. The summed E-state index contributed by atoms with van der Waals surface area (Å²) < 4.78 is 18.2. The van der Waals surface area contributed by atoms with Crippen LogP contribution in [0.5, 0.6) is 0 Å². The first kappa shape index (κ1) is 11.1. The van der Waals surface area contributed by atoms with E-state index in [1.54, 1.807) is 0 Å². The second-order valence-corrected chi connectivity index (χ2v) is 3.79. The van der Waals surface area contributed by atoms with Crippen molar-refractivity contribution in [3.63, 3.8) is 0 Å². The van der Waals surface area contributed by atoms with Gasteiger partial charge < -0.3 is 10.5 Å². The summed E-state index contributed by atoms with van der Waals surface area (Å²) in [5, 5.41) is -0.513. The maximum Gasteiger partial charge on any atom is 0.143 e. The monoisotopic (exact) mass is 217 g/mol. The summed E-state index contributed by atoms with van der Waals surface area (Å²) in [4.78, 5) is 0. The molecule has 0 aliphatic heterocycles. The summed E-state index contributed by atoms with van der Waals surface area (Å²) in [6, 6.07) is 0. The van der Waals surface area contributed by atoms with Gasteiger partial charge in [0.15, 0.2) is 0 Å². The second-order valence-electron chi connectivity index (χ2n) is 3.32. The van der Waals surface area contributed by atoms with Crippen molar-refractivity contribution in [2.75, 3.05) is 0 Å². The molecule has 1 rings (SSSR count). The molecule has 1 aliphatic carbocycles. The van der Waals surface area contributed by atoms with Crippen LogP contribution in [0.3, 0.4) is 0 Å². The Morgan fingerprint density at radius 3 is 2.86 bits per heavy atom. The maximum atomic E-state index is 12.9. The van der Waals surface area contributed by atoms with E-state index in [0.717, 1.165) is 0 Å². The number of hydrogen-bond acceptors (Lipinski definition) is 2. The Labute approximate surface area is 87.9 Å². The van der Waals surface area contributed by atoms with Crippen molar-refractivity contribution in [3.8, 4) is 0 Å². The number of allylic oxidation sites excluding steroid dienone is 4. The molecule has 0 fully saturated rings. The topological polar surface area (TPSA) is 35.2 Å². The Kier molecular flexibility index (Phi) is 3.58. The Morgan fingerprint density at radius 1 is 1.64 bits per heavy atom. The normalized spacial score (nSPS) is 24.9. The molecule has 78 valence electrons. The van der Waals surface area contributed by atoms with Crippen molar-refractivity contribution in [2.45, 2.75) is 25.3 Å². The van der Waals surface area contributed by atoms with Crippen molar-refractivity contribution in [2.24, 2.45) is 5.73 Å². The van der Waals surface area contributed by atoms with Gasteiger partial charge in [-0.15, -0.1) is 11.6 Å². The average Bonchev–Trinajstić information content (AvgIpc) is 2.09. The zero-order valence-corrected chi connectivity index (χ0v) is 8.88. The van der Waals surface area contributed by atoms with Crippen molar-refractivity contribution in [1.29, 1.82) is 0 Å². The molecule has 2 N–H and O–H groups in total. The molecule has 0 bridgehead atoms. The SMILES string of the molecule is CC(C)OC=C1C=C(N)C(F)=CC1Cl. The summed E-state index contributed by atoms with van der Waals surface area (Å²) in [5.41, 5.74) is 6.15. The third-order valence-corrected chi connectivity index (χ3v) is 2.06. The van der Waals surface area contributed by atoms with Gasteiger partial charge in [-0.1, -0.05) is 0 Å². The molecule has 4 heteroatoms. The molecule has 0 aromatic carbocycles. The van der Waals surface area contributed by atoms with Crippen LogP contribution >= 0.6 is 11.6 Å². The molecule has 2 nitrogen and oxygen atoms in total. The first-order valence-electron chi connectivity index (χ1n) is 4.35. The lowest BCUT2D eigenvalue weighted by atomic mass is 10.1. The molecule has 0 amide bonds. The smallest absolute Gasteiger partial charge is 0.143 e. The van der Waals surface area contributed by atoms with Crippen molar-refractivity contribution in [1.82, 2.24) is 0 Å². The molecule has 0 heterocycles. The van der Waals surface area contributed by atoms with Gasteiger partial charge in [-0.05, 0) is 26.0 Å². The fraction of sp³-hybridized carbons (Fsp3) is 0.400. The predicted molar refractivity (Wildman–Crippen MR) is 55.4 cm³/mol. The third-order valence-electron chi connectivity index (χ3n) is 1.69. The van der Waals surface area contributed by atoms with E-state index in [-0.39, 0.29) is 11.8 Å². The Hall–Kier alpha value is -0.960. The first-order valence-corrected chi connectivity index (χ1v) is 4.79. The van der Waals surface area contributed by atoms with Gasteiger partial charge in [-0.25, -0.2) is 4.39 Å². The summed E-state index contributed by atoms with van der Waals surface area (Å²) in [6.07, 6.45) is 4.32. The highest BCUT2D eigenvalue weighted by Gasteiger charge is 2.16. The van der Waals surface area contributed by atoms with E-state index in [1.807, 2.05) is 13.8 Å². The van der Waals surface area contributed by atoms with Crippen LogP contribution in [0.4, 0.5) is 4.39 Å². The van der Waals surface area contributed by atoms with E-state index in [1.165, 1.54) is 18.4 Å². The molecule has 0 radical (unpaired) electrons. The highest BCUT2D eigenvalue weighted by atomic mass is 35.5. The molecule has 0 saturated carbocycles. The lowest BCUT2D eigenvalue weighted by Crippen LogP contribution is -2.11. The summed E-state index contributed by atoms with van der Waals surface area (Å²) in [7, 11) is 0. The number of nitrogens with two attached hydrogens (primary N) is 1. The molecule has 0 saturated heterocycles. The van der Waals surface area contributed by atoms with Gasteiger partial charge in [0.25, 0.3) is 0 Å². The van der Waals surface area contributed by atoms with Crippen LogP contribution in [0.2, 0.25) is 0 Å². The van der Waals surface area contributed by atoms with Gasteiger partial charge in [0.05, 0.1) is 23.4 Å². The first-order chi connectivity index (χ1) is 6.50. The van der Waals surface area contributed by atoms with Crippen LogP contribution in [0.15, 0.2) is 35.5 Å². The Bertz CT molecular complexity index is 307. The Balaban J connectivity index is 2.78. The van der Waals surface area contributed by atoms with Crippen molar-refractivity contribution < 1.29 is 9.13 Å². The Morgan fingerprint density at radius 2 is 2.29 bits per heavy atom. The molecular formula is C10H13ClFNO. The molecule has 0 aromatic rings. The van der Waals surface area contributed by atoms with Gasteiger partial charge in [0.2, 0.25) is 0 Å². The maximum absolute atomic E-state index is 12.9. The highest BCUT2D eigenvalue weighted by molar-refractivity contribution is 6.24. The fourth-order valence-electron chi connectivity index (χ4n) is 0.963. The van der Waals surface area contributed by atoms with Crippen LogP contribution in [-0.2, 0) is 4.74 Å². The molecule has 14 heavy (non-hydrogen) atoms. The van der Waals surface area contributed by atoms with Crippen LogP contribution in [0.25, 0.3) is 0 Å². The number of alkyl halides is 1. The molecule has 0 spiro atoms. The van der Waals surface area contributed by atoms with Gasteiger partial charge in [0.1, 0.15) is 5.83 Å². The zero-order chi connectivity index (χ0) is 10.7. The molecule has 1 unspecified atom stereocenters. The van der Waals surface area contributed by atoms with E-state index in [2.05, 4.69) is 0 Å². The van der Waals surface area contributed by atoms with Crippen LogP contribution in [0, 0.1) is 0 Å². The summed E-state index contributed by atoms with van der Waals surface area (Å²) in [6.45, 7) is 3.79. The molecular weight excluding hydrogens is 205 g/mol. The molecule has 0 aromatic heterocycles. The minimum absolute atomic E-state index is 0.0664. The van der Waals surface area contributed by atoms with E-state index in [4.69, 9.17) is 22.1 Å². The number of hydrogen-bond donors (Lipinski definition) is 1. The van der Waals surface area contributed by atoms with E-state index < -0.39 is 11.2 Å². The van der Waals surface area contributed by atoms with Crippen LogP contribution in [-0.4, -0.2) is 11.5 Å². The number of halogens is 2. The van der Waals surface area contributed by atoms with E-state index >= 15 is 0 Å². The van der Waals surface area contributed by atoms with E-state index in [0.29, 0.717) is 5.57 Å². The van der Waals surface area contributed by atoms with Crippen molar-refractivity contribution in [3.05, 3.63) is 35.5 Å². The van der Waals surface area contributed by atoms with Crippen molar-refractivity contribution >= 4 is 11.6 Å². The molecule has 1 atom stereocenters. The number of rotatable bonds is 2. The number of ether oxygens (including phenoxy) is 1. The largest absolute Gasteiger partial charge is 0.498 e. The standard InChI is InChI=1S/C10H13ClFNO/c1-6(2)14-5-7-3-10(13)9(12)4-8(7)11/h3-6,8H,13H2,1-2H3. The van der Waals surface area contributed by atoms with E-state index in [9.17, 15) is 4.39 Å². The van der Waals surface area contributed by atoms with Crippen LogP contribution in [0.1, 0.15) is 13.8 Å². The lowest BCUT2D eigenvalue weighted by molar-refractivity contribution is 0.177. The third kappa shape index (κ3) is 2.77. The zero-order valence-electron chi connectivity index (χ0n) is 8.13. The average molecular weight is 218 g/mol. The highest BCUT2D eigenvalue weighted by Crippen LogP contribution is 2.24. The quantitative estimate of drug-likeness (QED) is 0.570. The lowest BCUT2D eigenvalue weighted by Gasteiger charge is -2.14. The predicted octanol–water partition coefficient (Wildman–Crippen LogP) is 2.61. The fourth-order valence-corrected chi connectivity index (χ4v) is 1.19. The van der Waals surface area contributed by atoms with Gasteiger partial charge >= 0.3 is 0 Å². The second kappa shape index (κ2) is 4.51. The van der Waals surface area contributed by atoms with Gasteiger partial charge in [-0.2, -0.15) is 0 Å². The minimum atomic E-state index is -0.513. The van der Waals surface area contributed by atoms with Crippen LogP contribution < -0.4 is 5.73 Å².